The van der Waals surface area contributed by atoms with E-state index in [1.54, 1.807) is 35.4 Å². The molecule has 0 aliphatic heterocycles. The zero-order chi connectivity index (χ0) is 20.7. The molecule has 0 unspecified atom stereocenters. The Morgan fingerprint density at radius 3 is 2.57 bits per heavy atom. The summed E-state index contributed by atoms with van der Waals surface area (Å²) in [5, 5.41) is 12.7. The van der Waals surface area contributed by atoms with Crippen LogP contribution in [0.3, 0.4) is 0 Å². The summed E-state index contributed by atoms with van der Waals surface area (Å²) in [5.41, 5.74) is 1.88. The van der Waals surface area contributed by atoms with Gasteiger partial charge in [0.15, 0.2) is 12.7 Å². The number of carboxylic acids is 1. The summed E-state index contributed by atoms with van der Waals surface area (Å²) in [5.74, 6) is -2.58. The van der Waals surface area contributed by atoms with Crippen LogP contribution in [0.5, 0.6) is 0 Å². The molecular weight excluding hydrogens is 385 g/mol. The lowest BCUT2D eigenvalue weighted by atomic mass is 10.3. The van der Waals surface area contributed by atoms with Crippen LogP contribution in [0.15, 0.2) is 41.2 Å². The van der Waals surface area contributed by atoms with Gasteiger partial charge in [-0.2, -0.15) is 13.2 Å². The number of fused-ring (bicyclic) bond motifs is 1. The number of carboxylic acid groups (broad SMARTS) is 1. The van der Waals surface area contributed by atoms with E-state index < -0.39 is 18.1 Å². The lowest BCUT2D eigenvalue weighted by molar-refractivity contribution is -0.752. The van der Waals surface area contributed by atoms with Gasteiger partial charge in [-0.1, -0.05) is 4.68 Å². The van der Waals surface area contributed by atoms with Crippen LogP contribution < -0.4 is 4.68 Å². The number of aromatic nitrogens is 4. The molecule has 0 aliphatic carbocycles. The van der Waals surface area contributed by atoms with E-state index in [0.29, 0.717) is 30.8 Å². The van der Waals surface area contributed by atoms with E-state index in [2.05, 4.69) is 19.8 Å². The zero-order valence-corrected chi connectivity index (χ0v) is 14.4. The van der Waals surface area contributed by atoms with E-state index in [-0.39, 0.29) is 6.42 Å². The number of hydrogen-bond donors (Lipinski definition) is 1. The number of aliphatic carboxylic acids is 1. The zero-order valence-electron chi connectivity index (χ0n) is 14.4. The highest BCUT2D eigenvalue weighted by molar-refractivity contribution is 5.75. The molecule has 148 valence electrons. The summed E-state index contributed by atoms with van der Waals surface area (Å²) in [7, 11) is 0.676. The SMILES string of the molecule is COC(=O)C(F)(F)F.O=C(O)CC[n+]1ccc(-c2nc3cccnc3o2)cn1. The van der Waals surface area contributed by atoms with Crippen molar-refractivity contribution < 1.29 is 41.7 Å². The Hall–Kier alpha value is -3.57. The second-order valence-corrected chi connectivity index (χ2v) is 5.16. The fourth-order valence-corrected chi connectivity index (χ4v) is 1.86. The third-order valence-electron chi connectivity index (χ3n) is 3.16. The highest BCUT2D eigenvalue weighted by atomic mass is 19.4. The fourth-order valence-electron chi connectivity index (χ4n) is 1.86. The van der Waals surface area contributed by atoms with Gasteiger partial charge in [-0.05, 0) is 17.2 Å². The van der Waals surface area contributed by atoms with Crippen molar-refractivity contribution in [1.82, 2.24) is 15.1 Å². The highest BCUT2D eigenvalue weighted by Gasteiger charge is 2.40. The van der Waals surface area contributed by atoms with E-state index >= 15 is 0 Å². The van der Waals surface area contributed by atoms with Gasteiger partial charge >= 0.3 is 18.1 Å². The smallest absolute Gasteiger partial charge is 0.481 e. The number of oxazole rings is 1. The number of nitrogens with zero attached hydrogens (tertiary/aromatic N) is 4. The number of aryl methyl sites for hydroxylation is 1. The lowest BCUT2D eigenvalue weighted by Gasteiger charge is -1.99. The maximum atomic E-state index is 11.0. The van der Waals surface area contributed by atoms with Crippen molar-refractivity contribution in [2.75, 3.05) is 7.11 Å². The van der Waals surface area contributed by atoms with E-state index in [4.69, 9.17) is 9.52 Å². The maximum Gasteiger partial charge on any atom is 0.490 e. The predicted octanol–water partition coefficient (Wildman–Crippen LogP) is 1.77. The monoisotopic (exact) mass is 399 g/mol. The number of alkyl halides is 3. The van der Waals surface area contributed by atoms with Gasteiger partial charge in [-0.25, -0.2) is 14.8 Å². The minimum atomic E-state index is -4.85. The first-order chi connectivity index (χ1) is 13.2. The van der Waals surface area contributed by atoms with Gasteiger partial charge in [0.05, 0.1) is 12.7 Å². The van der Waals surface area contributed by atoms with Crippen LogP contribution in [0.25, 0.3) is 22.7 Å². The molecule has 0 aliphatic rings. The van der Waals surface area contributed by atoms with E-state index in [1.807, 2.05) is 6.07 Å². The molecular formula is C16H14F3N4O5+. The number of pyridine rings is 1. The molecule has 12 heteroatoms. The van der Waals surface area contributed by atoms with Crippen LogP contribution in [0.1, 0.15) is 6.42 Å². The Kier molecular flexibility index (Phi) is 6.58. The molecule has 0 saturated heterocycles. The molecule has 0 spiro atoms. The molecule has 0 fully saturated rings. The highest BCUT2D eigenvalue weighted by Crippen LogP contribution is 2.21. The van der Waals surface area contributed by atoms with Crippen LogP contribution in [0, 0.1) is 0 Å². The number of methoxy groups -OCH3 is 1. The number of ether oxygens (including phenoxy) is 1. The Balaban J connectivity index is 0.000000300. The first-order valence-electron chi connectivity index (χ1n) is 7.65. The number of carbonyl (C=O) groups is 2. The molecule has 0 radical (unpaired) electrons. The largest absolute Gasteiger partial charge is 0.490 e. The van der Waals surface area contributed by atoms with Crippen LogP contribution in [-0.4, -0.2) is 45.4 Å². The molecule has 3 heterocycles. The normalized spacial score (nSPS) is 10.9. The Morgan fingerprint density at radius 2 is 2.07 bits per heavy atom. The summed E-state index contributed by atoms with van der Waals surface area (Å²) < 4.78 is 43.4. The van der Waals surface area contributed by atoms with Crippen molar-refractivity contribution in [3.05, 3.63) is 36.8 Å². The summed E-state index contributed by atoms with van der Waals surface area (Å²) in [4.78, 5) is 28.4. The Labute approximate surface area is 155 Å². The molecule has 28 heavy (non-hydrogen) atoms. The Bertz CT molecular complexity index is 924. The number of hydrogen-bond acceptors (Lipinski definition) is 7. The van der Waals surface area contributed by atoms with Gasteiger partial charge in [-0.15, -0.1) is 0 Å². The quantitative estimate of drug-likeness (QED) is 0.521. The van der Waals surface area contributed by atoms with E-state index in [9.17, 15) is 22.8 Å². The first-order valence-corrected chi connectivity index (χ1v) is 7.65. The standard InChI is InChI=1S/C13H10N4O3.C3H3F3O2/c18-11(19)4-7-17-6-3-9(8-15-17)12-16-10-2-1-5-14-13(10)20-12;1-8-2(7)3(4,5)6/h1-3,5-6,8H,4,7H2;1H3/p+1. The average molecular weight is 399 g/mol. The van der Waals surface area contributed by atoms with Crippen molar-refractivity contribution in [2.24, 2.45) is 0 Å². The van der Waals surface area contributed by atoms with Crippen molar-refractivity contribution in [2.45, 2.75) is 19.1 Å². The minimum absolute atomic E-state index is 0.0316. The molecule has 3 rings (SSSR count). The van der Waals surface area contributed by atoms with Crippen LogP contribution in [-0.2, 0) is 20.9 Å². The molecule has 3 aromatic rings. The molecule has 0 aromatic carbocycles. The van der Waals surface area contributed by atoms with E-state index in [0.717, 1.165) is 5.56 Å². The molecule has 3 aromatic heterocycles. The number of carbonyl (C=O) groups excluding carboxylic acids is 1. The molecule has 0 atom stereocenters. The third-order valence-corrected chi connectivity index (χ3v) is 3.16. The summed E-state index contributed by atoms with van der Waals surface area (Å²) in [6.45, 7) is 0.324. The number of halogens is 3. The van der Waals surface area contributed by atoms with Crippen LogP contribution in [0.4, 0.5) is 13.2 Å². The summed E-state index contributed by atoms with van der Waals surface area (Å²) in [6, 6.07) is 5.38. The van der Waals surface area contributed by atoms with Gasteiger partial charge in [0.2, 0.25) is 11.6 Å². The second kappa shape index (κ2) is 8.88. The molecule has 0 bridgehead atoms. The lowest BCUT2D eigenvalue weighted by Crippen LogP contribution is -2.38. The predicted molar refractivity (Wildman–Crippen MR) is 85.6 cm³/mol. The van der Waals surface area contributed by atoms with E-state index in [1.165, 1.54) is 0 Å². The molecule has 9 nitrogen and oxygen atoms in total. The number of rotatable bonds is 4. The van der Waals surface area contributed by atoms with Gasteiger partial charge in [-0.3, -0.25) is 4.79 Å². The number of esters is 1. The van der Waals surface area contributed by atoms with Gasteiger partial charge in [0.1, 0.15) is 18.1 Å². The molecule has 0 saturated carbocycles. The van der Waals surface area contributed by atoms with Gasteiger partial charge < -0.3 is 14.3 Å². The minimum Gasteiger partial charge on any atom is -0.481 e. The van der Waals surface area contributed by atoms with Crippen molar-refractivity contribution >= 4 is 23.2 Å². The second-order valence-electron chi connectivity index (χ2n) is 5.16. The van der Waals surface area contributed by atoms with Crippen molar-refractivity contribution in [3.8, 4) is 11.5 Å². The summed E-state index contributed by atoms with van der Waals surface area (Å²) in [6.07, 6.45) is 0.103. The topological polar surface area (TPSA) is 119 Å². The van der Waals surface area contributed by atoms with Crippen molar-refractivity contribution in [1.29, 1.82) is 0 Å². The summed E-state index contributed by atoms with van der Waals surface area (Å²) >= 11 is 0. The average Bonchev–Trinajstić information content (AvgIpc) is 3.10. The van der Waals surface area contributed by atoms with Gasteiger partial charge in [0, 0.05) is 12.3 Å². The van der Waals surface area contributed by atoms with Crippen LogP contribution >= 0.6 is 0 Å². The van der Waals surface area contributed by atoms with Gasteiger partial charge in [0.25, 0.3) is 0 Å². The molecule has 1 N–H and O–H groups in total. The first kappa shape index (κ1) is 20.7. The maximum absolute atomic E-state index is 11.0. The third kappa shape index (κ3) is 5.72. The Morgan fingerprint density at radius 1 is 1.32 bits per heavy atom. The fraction of sp³-hybridized carbons (Fsp3) is 0.250. The van der Waals surface area contributed by atoms with Crippen LogP contribution in [0.2, 0.25) is 0 Å². The molecule has 0 amide bonds. The van der Waals surface area contributed by atoms with Crippen molar-refractivity contribution in [3.63, 3.8) is 0 Å².